The summed E-state index contributed by atoms with van der Waals surface area (Å²) >= 11 is 0. The fourth-order valence-electron chi connectivity index (χ4n) is 2.64. The Hall–Kier alpha value is -3.42. The second kappa shape index (κ2) is 8.31. The number of carbonyl (C=O) groups excluding carboxylic acids is 1. The minimum Gasteiger partial charge on any atom is -0.496 e. The Morgan fingerprint density at radius 2 is 2.11 bits per heavy atom. The Bertz CT molecular complexity index is 993. The van der Waals surface area contributed by atoms with E-state index in [1.165, 1.54) is 17.0 Å². The highest BCUT2D eigenvalue weighted by Crippen LogP contribution is 2.28. The molecule has 3 aromatic rings. The number of para-hydroxylation sites is 1. The molecule has 0 spiro atoms. The molecule has 8 heteroatoms. The highest BCUT2D eigenvalue weighted by atomic mass is 16.5. The van der Waals surface area contributed by atoms with Gasteiger partial charge in [-0.05, 0) is 24.6 Å². The van der Waals surface area contributed by atoms with Gasteiger partial charge in [-0.25, -0.2) is 4.98 Å². The average Bonchev–Trinajstić information content (AvgIpc) is 3.19. The van der Waals surface area contributed by atoms with Crippen molar-refractivity contribution in [3.05, 3.63) is 64.5 Å². The van der Waals surface area contributed by atoms with Gasteiger partial charge in [0.25, 0.3) is 11.5 Å². The molecule has 0 atom stereocenters. The standard InChI is InChI=1S/C19H21N5O3/c1-3-13-10-18(25)24(12-21-13)9-8-20-19(26)16-11-15(22-23-16)14-6-4-5-7-17(14)27-2/h4-7,10-12H,3,8-9H2,1-2H3,(H,20,26)(H,22,23). The second-order valence-corrected chi connectivity index (χ2v) is 5.89. The maximum atomic E-state index is 12.3. The van der Waals surface area contributed by atoms with Crippen LogP contribution in [0, 0.1) is 0 Å². The summed E-state index contributed by atoms with van der Waals surface area (Å²) in [5.74, 6) is 0.383. The number of carbonyl (C=O) groups is 1. The van der Waals surface area contributed by atoms with E-state index in [0.29, 0.717) is 36.6 Å². The Balaban J connectivity index is 1.62. The number of methoxy groups -OCH3 is 1. The molecular weight excluding hydrogens is 346 g/mol. The number of aromatic nitrogens is 4. The van der Waals surface area contributed by atoms with Crippen LogP contribution >= 0.6 is 0 Å². The highest BCUT2D eigenvalue weighted by molar-refractivity contribution is 5.93. The van der Waals surface area contributed by atoms with Gasteiger partial charge >= 0.3 is 0 Å². The van der Waals surface area contributed by atoms with Gasteiger partial charge in [0.2, 0.25) is 0 Å². The van der Waals surface area contributed by atoms with Gasteiger partial charge in [0.05, 0.1) is 19.1 Å². The summed E-state index contributed by atoms with van der Waals surface area (Å²) in [6.45, 7) is 2.58. The molecule has 0 unspecified atom stereocenters. The molecule has 0 aliphatic carbocycles. The molecule has 2 aromatic heterocycles. The Morgan fingerprint density at radius 1 is 1.30 bits per heavy atom. The molecule has 3 rings (SSSR count). The zero-order chi connectivity index (χ0) is 19.2. The van der Waals surface area contributed by atoms with Gasteiger partial charge in [-0.15, -0.1) is 0 Å². The Morgan fingerprint density at radius 3 is 2.85 bits per heavy atom. The quantitative estimate of drug-likeness (QED) is 0.661. The normalized spacial score (nSPS) is 10.6. The van der Waals surface area contributed by atoms with Crippen molar-refractivity contribution in [1.82, 2.24) is 25.1 Å². The fraction of sp³-hybridized carbons (Fsp3) is 0.263. The predicted molar refractivity (Wildman–Crippen MR) is 101 cm³/mol. The molecule has 0 aliphatic heterocycles. The van der Waals surface area contributed by atoms with Crippen LogP contribution in [0.4, 0.5) is 0 Å². The number of H-pyrrole nitrogens is 1. The molecule has 27 heavy (non-hydrogen) atoms. The van der Waals surface area contributed by atoms with E-state index in [4.69, 9.17) is 4.74 Å². The summed E-state index contributed by atoms with van der Waals surface area (Å²) in [5.41, 5.74) is 2.37. The van der Waals surface area contributed by atoms with Crippen molar-refractivity contribution in [3.63, 3.8) is 0 Å². The number of rotatable bonds is 7. The largest absolute Gasteiger partial charge is 0.496 e. The summed E-state index contributed by atoms with van der Waals surface area (Å²) in [6, 6.07) is 10.6. The van der Waals surface area contributed by atoms with Crippen LogP contribution in [0.3, 0.4) is 0 Å². The summed E-state index contributed by atoms with van der Waals surface area (Å²) < 4.78 is 6.78. The number of hydrogen-bond acceptors (Lipinski definition) is 5. The first kappa shape index (κ1) is 18.4. The lowest BCUT2D eigenvalue weighted by Gasteiger charge is -2.07. The molecule has 8 nitrogen and oxygen atoms in total. The topological polar surface area (TPSA) is 102 Å². The van der Waals surface area contributed by atoms with Gasteiger partial charge < -0.3 is 10.1 Å². The molecule has 1 amide bonds. The van der Waals surface area contributed by atoms with Gasteiger partial charge in [-0.3, -0.25) is 19.3 Å². The van der Waals surface area contributed by atoms with Crippen LogP contribution in [0.25, 0.3) is 11.3 Å². The SMILES string of the molecule is CCc1cc(=O)n(CCNC(=O)c2cc(-c3ccccc3OC)n[nH]2)cn1. The molecule has 0 bridgehead atoms. The van der Waals surface area contributed by atoms with E-state index >= 15 is 0 Å². The van der Waals surface area contributed by atoms with Crippen LogP contribution in [0.5, 0.6) is 5.75 Å². The number of nitrogens with zero attached hydrogens (tertiary/aromatic N) is 3. The maximum absolute atomic E-state index is 12.3. The monoisotopic (exact) mass is 367 g/mol. The zero-order valence-electron chi connectivity index (χ0n) is 15.2. The lowest BCUT2D eigenvalue weighted by molar-refractivity contribution is 0.0947. The molecule has 140 valence electrons. The van der Waals surface area contributed by atoms with Crippen molar-refractivity contribution < 1.29 is 9.53 Å². The van der Waals surface area contributed by atoms with Crippen molar-refractivity contribution in [2.24, 2.45) is 0 Å². The predicted octanol–water partition coefficient (Wildman–Crippen LogP) is 1.63. The molecule has 1 aromatic carbocycles. The molecule has 0 saturated heterocycles. The minimum atomic E-state index is -0.296. The van der Waals surface area contributed by atoms with E-state index in [2.05, 4.69) is 20.5 Å². The molecule has 0 aliphatic rings. The molecule has 0 saturated carbocycles. The maximum Gasteiger partial charge on any atom is 0.269 e. The van der Waals surface area contributed by atoms with Crippen LogP contribution in [0.1, 0.15) is 23.1 Å². The van der Waals surface area contributed by atoms with Crippen LogP contribution in [-0.4, -0.2) is 39.3 Å². The first-order valence-corrected chi connectivity index (χ1v) is 8.64. The van der Waals surface area contributed by atoms with E-state index in [9.17, 15) is 9.59 Å². The molecule has 0 radical (unpaired) electrons. The third kappa shape index (κ3) is 4.22. The van der Waals surface area contributed by atoms with Crippen molar-refractivity contribution in [3.8, 4) is 17.0 Å². The van der Waals surface area contributed by atoms with Crippen molar-refractivity contribution >= 4 is 5.91 Å². The Labute approximate surface area is 156 Å². The smallest absolute Gasteiger partial charge is 0.269 e. The van der Waals surface area contributed by atoms with Gasteiger partial charge in [0.15, 0.2) is 0 Å². The minimum absolute atomic E-state index is 0.129. The van der Waals surface area contributed by atoms with E-state index in [1.54, 1.807) is 13.2 Å². The fourth-order valence-corrected chi connectivity index (χ4v) is 2.64. The third-order valence-electron chi connectivity index (χ3n) is 4.14. The van der Waals surface area contributed by atoms with Crippen LogP contribution in [0.15, 0.2) is 47.5 Å². The first-order valence-electron chi connectivity index (χ1n) is 8.64. The lowest BCUT2D eigenvalue weighted by atomic mass is 10.1. The van der Waals surface area contributed by atoms with Crippen LogP contribution in [-0.2, 0) is 13.0 Å². The van der Waals surface area contributed by atoms with Gasteiger partial charge in [-0.1, -0.05) is 19.1 Å². The van der Waals surface area contributed by atoms with Gasteiger partial charge in [0, 0.05) is 30.4 Å². The van der Waals surface area contributed by atoms with E-state index in [1.807, 2.05) is 31.2 Å². The third-order valence-corrected chi connectivity index (χ3v) is 4.14. The van der Waals surface area contributed by atoms with E-state index in [-0.39, 0.29) is 11.5 Å². The van der Waals surface area contributed by atoms with Crippen molar-refractivity contribution in [2.45, 2.75) is 19.9 Å². The average molecular weight is 367 g/mol. The number of nitrogens with one attached hydrogen (secondary N) is 2. The first-order chi connectivity index (χ1) is 13.1. The number of benzene rings is 1. The van der Waals surface area contributed by atoms with Crippen molar-refractivity contribution in [2.75, 3.05) is 13.7 Å². The van der Waals surface area contributed by atoms with E-state index < -0.39 is 0 Å². The van der Waals surface area contributed by atoms with Gasteiger partial charge in [0.1, 0.15) is 11.4 Å². The second-order valence-electron chi connectivity index (χ2n) is 5.89. The molecular formula is C19H21N5O3. The van der Waals surface area contributed by atoms with Crippen LogP contribution < -0.4 is 15.6 Å². The van der Waals surface area contributed by atoms with Crippen LogP contribution in [0.2, 0.25) is 0 Å². The number of ether oxygens (including phenoxy) is 1. The highest BCUT2D eigenvalue weighted by Gasteiger charge is 2.13. The zero-order valence-corrected chi connectivity index (χ0v) is 15.2. The number of amides is 1. The summed E-state index contributed by atoms with van der Waals surface area (Å²) in [5, 5.41) is 9.68. The summed E-state index contributed by atoms with van der Waals surface area (Å²) in [7, 11) is 1.59. The summed E-state index contributed by atoms with van der Waals surface area (Å²) in [4.78, 5) is 28.4. The molecule has 2 N–H and O–H groups in total. The molecule has 2 heterocycles. The number of hydrogen-bond donors (Lipinski definition) is 2. The lowest BCUT2D eigenvalue weighted by Crippen LogP contribution is -2.31. The van der Waals surface area contributed by atoms with Gasteiger partial charge in [-0.2, -0.15) is 5.10 Å². The molecule has 0 fully saturated rings. The van der Waals surface area contributed by atoms with Crippen molar-refractivity contribution in [1.29, 1.82) is 0 Å². The number of aromatic amines is 1. The Kier molecular flexibility index (Phi) is 5.65. The number of aryl methyl sites for hydroxylation is 1. The van der Waals surface area contributed by atoms with E-state index in [0.717, 1.165) is 11.3 Å². The summed E-state index contributed by atoms with van der Waals surface area (Å²) in [6.07, 6.45) is 2.21.